The van der Waals surface area contributed by atoms with Crippen LogP contribution in [0.4, 0.5) is 5.69 Å². The number of halogens is 2. The largest absolute Gasteiger partial charge is 0.380 e. The number of hydrogen-bond acceptors (Lipinski definition) is 5. The summed E-state index contributed by atoms with van der Waals surface area (Å²) in [7, 11) is 1.53. The zero-order chi connectivity index (χ0) is 18.1. The van der Waals surface area contributed by atoms with Gasteiger partial charge in [0, 0.05) is 58.5 Å². The van der Waals surface area contributed by atoms with Gasteiger partial charge in [-0.25, -0.2) is 0 Å². The molecule has 27 heavy (non-hydrogen) atoms. The summed E-state index contributed by atoms with van der Waals surface area (Å²) in [4.78, 5) is 28.2. The predicted molar refractivity (Wildman–Crippen MR) is 112 cm³/mol. The summed E-state index contributed by atoms with van der Waals surface area (Å²) in [5.41, 5.74) is 6.68. The van der Waals surface area contributed by atoms with Crippen LogP contribution in [0.25, 0.3) is 0 Å². The molecule has 1 saturated heterocycles. The first-order chi connectivity index (χ1) is 12.1. The van der Waals surface area contributed by atoms with Gasteiger partial charge in [-0.1, -0.05) is 18.2 Å². The monoisotopic (exact) mass is 420 g/mol. The number of nitrogens with one attached hydrogen (secondary N) is 1. The molecule has 3 N–H and O–H groups in total. The van der Waals surface area contributed by atoms with Gasteiger partial charge in [-0.05, 0) is 12.1 Å². The van der Waals surface area contributed by atoms with E-state index in [0.717, 1.165) is 13.1 Å². The number of piperazine rings is 1. The Labute approximate surface area is 173 Å². The smallest absolute Gasteiger partial charge is 0.224 e. The van der Waals surface area contributed by atoms with Crippen molar-refractivity contribution in [1.29, 1.82) is 0 Å². The molecular weight excluding hydrogens is 391 g/mol. The lowest BCUT2D eigenvalue weighted by Crippen LogP contribution is -2.49. The highest BCUT2D eigenvalue weighted by molar-refractivity contribution is 5.85. The Kier molecular flexibility index (Phi) is 12.8. The fraction of sp³-hybridized carbons (Fsp3) is 0.556. The number of benzene rings is 1. The van der Waals surface area contributed by atoms with Crippen molar-refractivity contribution in [1.82, 2.24) is 10.2 Å². The molecule has 2 rings (SSSR count). The molecule has 154 valence electrons. The zero-order valence-electron chi connectivity index (χ0n) is 15.6. The van der Waals surface area contributed by atoms with Crippen LogP contribution in [0.2, 0.25) is 0 Å². The predicted octanol–water partition coefficient (Wildman–Crippen LogP) is 1.05. The second-order valence-corrected chi connectivity index (χ2v) is 6.10. The molecule has 2 amide bonds. The van der Waals surface area contributed by atoms with Crippen molar-refractivity contribution in [3.63, 3.8) is 0 Å². The van der Waals surface area contributed by atoms with Crippen molar-refractivity contribution in [2.45, 2.75) is 18.9 Å². The molecule has 1 aromatic rings. The lowest BCUT2D eigenvalue weighted by molar-refractivity contribution is -0.131. The lowest BCUT2D eigenvalue weighted by Gasteiger charge is -2.36. The van der Waals surface area contributed by atoms with Crippen LogP contribution in [0.15, 0.2) is 30.3 Å². The first-order valence-electron chi connectivity index (χ1n) is 8.71. The summed E-state index contributed by atoms with van der Waals surface area (Å²) in [5, 5.41) is 2.75. The van der Waals surface area contributed by atoms with Gasteiger partial charge >= 0.3 is 0 Å². The molecule has 0 radical (unpaired) electrons. The number of para-hydroxylation sites is 1. The molecule has 0 bridgehead atoms. The highest BCUT2D eigenvalue weighted by atomic mass is 35.5. The van der Waals surface area contributed by atoms with E-state index in [1.165, 1.54) is 12.8 Å². The third kappa shape index (κ3) is 8.34. The van der Waals surface area contributed by atoms with E-state index < -0.39 is 0 Å². The lowest BCUT2D eigenvalue weighted by atomic mass is 10.2. The minimum Gasteiger partial charge on any atom is -0.380 e. The van der Waals surface area contributed by atoms with Gasteiger partial charge in [0.05, 0.1) is 12.5 Å². The minimum atomic E-state index is -0.276. The summed E-state index contributed by atoms with van der Waals surface area (Å²) < 4.78 is 5.07. The number of carbonyl (C=O) groups excluding carboxylic acids is 2. The van der Waals surface area contributed by atoms with Crippen LogP contribution in [0.5, 0.6) is 0 Å². The quantitative estimate of drug-likeness (QED) is 0.655. The van der Waals surface area contributed by atoms with Gasteiger partial charge in [0.2, 0.25) is 11.8 Å². The first-order valence-corrected chi connectivity index (χ1v) is 8.71. The van der Waals surface area contributed by atoms with Crippen molar-refractivity contribution in [3.05, 3.63) is 30.3 Å². The molecule has 7 nitrogen and oxygen atoms in total. The van der Waals surface area contributed by atoms with Crippen LogP contribution in [0.3, 0.4) is 0 Å². The third-order valence-electron chi connectivity index (χ3n) is 4.42. The summed E-state index contributed by atoms with van der Waals surface area (Å²) in [6.07, 6.45) is 0.260. The van der Waals surface area contributed by atoms with E-state index in [1.807, 2.05) is 23.1 Å². The van der Waals surface area contributed by atoms with Crippen LogP contribution < -0.4 is 16.0 Å². The molecule has 1 aromatic carbocycles. The van der Waals surface area contributed by atoms with Crippen LogP contribution in [-0.4, -0.2) is 69.2 Å². The van der Waals surface area contributed by atoms with E-state index in [4.69, 9.17) is 10.5 Å². The molecule has 0 aliphatic carbocycles. The fourth-order valence-electron chi connectivity index (χ4n) is 2.86. The standard InChI is InChI=1S/C18H28N4O3.2ClH/c1-25-16(14-19)13-17(23)20-8-7-18(24)22-11-9-21(10-12-22)15-5-3-2-4-6-15;;/h2-6,16H,7-14,19H2,1H3,(H,20,23);2*1H. The van der Waals surface area contributed by atoms with Gasteiger partial charge in [0.15, 0.2) is 0 Å². The molecule has 0 spiro atoms. The normalized spacial score (nSPS) is 14.6. The Bertz CT molecular complexity index is 551. The van der Waals surface area contributed by atoms with Crippen molar-refractivity contribution < 1.29 is 14.3 Å². The fourth-order valence-corrected chi connectivity index (χ4v) is 2.86. The molecule has 1 aliphatic heterocycles. The van der Waals surface area contributed by atoms with E-state index in [1.54, 1.807) is 0 Å². The molecule has 9 heteroatoms. The van der Waals surface area contributed by atoms with Crippen molar-refractivity contribution in [3.8, 4) is 0 Å². The topological polar surface area (TPSA) is 87.9 Å². The second kappa shape index (κ2) is 13.6. The minimum absolute atomic E-state index is 0. The molecule has 1 fully saturated rings. The summed E-state index contributed by atoms with van der Waals surface area (Å²) in [6.45, 7) is 3.72. The maximum absolute atomic E-state index is 12.3. The third-order valence-corrected chi connectivity index (χ3v) is 4.42. The number of amides is 2. The molecule has 1 heterocycles. The van der Waals surface area contributed by atoms with Gasteiger partial charge < -0.3 is 25.6 Å². The summed E-state index contributed by atoms with van der Waals surface area (Å²) in [6, 6.07) is 10.2. The van der Waals surface area contributed by atoms with Crippen molar-refractivity contribution in [2.75, 3.05) is 51.3 Å². The zero-order valence-corrected chi connectivity index (χ0v) is 17.3. The Hall–Kier alpha value is -1.54. The number of ether oxygens (including phenoxy) is 1. The van der Waals surface area contributed by atoms with Gasteiger partial charge in [-0.2, -0.15) is 0 Å². The van der Waals surface area contributed by atoms with Gasteiger partial charge in [-0.15, -0.1) is 24.8 Å². The van der Waals surface area contributed by atoms with E-state index in [2.05, 4.69) is 22.3 Å². The van der Waals surface area contributed by atoms with Crippen molar-refractivity contribution in [2.24, 2.45) is 5.73 Å². The highest BCUT2D eigenvalue weighted by Crippen LogP contribution is 2.15. The summed E-state index contributed by atoms with van der Waals surface area (Å²) >= 11 is 0. The maximum Gasteiger partial charge on any atom is 0.224 e. The average molecular weight is 421 g/mol. The number of rotatable bonds is 8. The number of carbonyl (C=O) groups is 2. The average Bonchev–Trinajstić information content (AvgIpc) is 2.66. The van der Waals surface area contributed by atoms with Crippen LogP contribution in [0.1, 0.15) is 12.8 Å². The number of nitrogens with zero attached hydrogens (tertiary/aromatic N) is 2. The Morgan fingerprint density at radius 3 is 2.33 bits per heavy atom. The molecule has 1 atom stereocenters. The van der Waals surface area contributed by atoms with E-state index in [0.29, 0.717) is 32.6 Å². The molecule has 0 aromatic heterocycles. The number of anilines is 1. The number of nitrogens with two attached hydrogens (primary N) is 1. The van der Waals surface area contributed by atoms with Crippen molar-refractivity contribution >= 4 is 42.3 Å². The maximum atomic E-state index is 12.3. The Morgan fingerprint density at radius 1 is 1.15 bits per heavy atom. The van der Waals surface area contributed by atoms with E-state index in [9.17, 15) is 9.59 Å². The Morgan fingerprint density at radius 2 is 1.78 bits per heavy atom. The molecular formula is C18H30Cl2N4O3. The Balaban J connectivity index is 0.00000338. The van der Waals surface area contributed by atoms with Gasteiger partial charge in [0.25, 0.3) is 0 Å². The SMILES string of the molecule is COC(CN)CC(=O)NCCC(=O)N1CCN(c2ccccc2)CC1.Cl.Cl. The van der Waals surface area contributed by atoms with Crippen LogP contribution in [-0.2, 0) is 14.3 Å². The van der Waals surface area contributed by atoms with Gasteiger partial charge in [-0.3, -0.25) is 9.59 Å². The molecule has 1 unspecified atom stereocenters. The molecule has 0 saturated carbocycles. The highest BCUT2D eigenvalue weighted by Gasteiger charge is 2.21. The van der Waals surface area contributed by atoms with Crippen LogP contribution >= 0.6 is 24.8 Å². The van der Waals surface area contributed by atoms with E-state index >= 15 is 0 Å². The van der Waals surface area contributed by atoms with Crippen LogP contribution in [0, 0.1) is 0 Å². The summed E-state index contributed by atoms with van der Waals surface area (Å²) in [5.74, 6) is -0.0610. The number of methoxy groups -OCH3 is 1. The molecule has 1 aliphatic rings. The second-order valence-electron chi connectivity index (χ2n) is 6.10. The van der Waals surface area contributed by atoms with E-state index in [-0.39, 0.29) is 49.2 Å². The van der Waals surface area contributed by atoms with Gasteiger partial charge in [0.1, 0.15) is 0 Å². The number of hydrogen-bond donors (Lipinski definition) is 2. The first kappa shape index (κ1) is 25.5.